The monoisotopic (exact) mass is 472 g/mol. The number of anilines is 3. The minimum Gasteiger partial charge on any atom is -0.373 e. The van der Waals surface area contributed by atoms with Gasteiger partial charge in [-0.2, -0.15) is 9.61 Å². The average molecular weight is 473 g/mol. The zero-order chi connectivity index (χ0) is 24.0. The van der Waals surface area contributed by atoms with Gasteiger partial charge in [0, 0.05) is 37.8 Å². The topological polar surface area (TPSA) is 109 Å². The number of piperidine rings is 1. The number of likely N-dealkylation sites (tertiary alicyclic amines) is 1. The van der Waals surface area contributed by atoms with Crippen molar-refractivity contribution < 1.29 is 13.6 Å². The molecule has 2 aliphatic rings. The fourth-order valence-electron chi connectivity index (χ4n) is 4.26. The van der Waals surface area contributed by atoms with Crippen molar-refractivity contribution in [3.8, 4) is 0 Å². The average Bonchev–Trinajstić information content (AvgIpc) is 3.33. The lowest BCUT2D eigenvalue weighted by Gasteiger charge is -2.30. The summed E-state index contributed by atoms with van der Waals surface area (Å²) in [4.78, 5) is 32.4. The summed E-state index contributed by atoms with van der Waals surface area (Å²) in [6, 6.07) is 2.15. The number of carbonyl (C=O) groups excluding carboxylic acids is 1. The Morgan fingerprint density at radius 2 is 1.97 bits per heavy atom. The van der Waals surface area contributed by atoms with Gasteiger partial charge >= 0.3 is 0 Å². The maximum Gasteiger partial charge on any atom is 0.274 e. The molecule has 0 radical (unpaired) electrons. The molecule has 3 N–H and O–H groups in total. The fraction of sp³-hybridized carbons (Fsp3) is 0.455. The van der Waals surface area contributed by atoms with Gasteiger partial charge in [-0.15, -0.1) is 0 Å². The second-order valence-corrected chi connectivity index (χ2v) is 8.85. The molecule has 1 amide bonds. The Labute approximate surface area is 194 Å². The van der Waals surface area contributed by atoms with Gasteiger partial charge in [-0.1, -0.05) is 0 Å². The van der Waals surface area contributed by atoms with Crippen molar-refractivity contribution in [2.45, 2.75) is 37.5 Å². The molecule has 0 bridgehead atoms. The quantitative estimate of drug-likeness (QED) is 0.503. The number of aromatic nitrogens is 4. The van der Waals surface area contributed by atoms with Gasteiger partial charge in [0.05, 0.1) is 12.2 Å². The maximum atomic E-state index is 14.5. The van der Waals surface area contributed by atoms with Crippen LogP contribution in [0.5, 0.6) is 0 Å². The van der Waals surface area contributed by atoms with E-state index in [0.29, 0.717) is 5.82 Å². The largest absolute Gasteiger partial charge is 0.373 e. The third-order valence-electron chi connectivity index (χ3n) is 6.36. The van der Waals surface area contributed by atoms with E-state index in [1.54, 1.807) is 13.1 Å². The molecule has 1 aliphatic carbocycles. The van der Waals surface area contributed by atoms with Gasteiger partial charge in [0.25, 0.3) is 11.5 Å². The number of halogens is 2. The molecule has 1 aliphatic heterocycles. The van der Waals surface area contributed by atoms with E-state index in [-0.39, 0.29) is 40.7 Å². The number of amides is 1. The summed E-state index contributed by atoms with van der Waals surface area (Å²) in [5.74, 6) is -0.292. The van der Waals surface area contributed by atoms with E-state index in [2.05, 4.69) is 30.9 Å². The Kier molecular flexibility index (Phi) is 5.68. The molecule has 0 unspecified atom stereocenters. The normalized spacial score (nSPS) is 20.9. The van der Waals surface area contributed by atoms with Crippen molar-refractivity contribution in [2.24, 2.45) is 0 Å². The van der Waals surface area contributed by atoms with Crippen molar-refractivity contribution in [1.29, 1.82) is 0 Å². The number of rotatable bonds is 6. The number of fused-ring (bicyclic) bond motifs is 1. The first-order valence-corrected chi connectivity index (χ1v) is 11.2. The highest BCUT2D eigenvalue weighted by Gasteiger charge is 2.39. The number of hydrogen-bond donors (Lipinski definition) is 3. The minimum atomic E-state index is -1.04. The smallest absolute Gasteiger partial charge is 0.274 e. The van der Waals surface area contributed by atoms with Gasteiger partial charge in [-0.3, -0.25) is 9.59 Å². The number of carbonyl (C=O) groups is 1. The van der Waals surface area contributed by atoms with Gasteiger partial charge in [0.2, 0.25) is 0 Å². The lowest BCUT2D eigenvalue weighted by Crippen LogP contribution is -2.36. The first kappa shape index (κ1) is 22.3. The van der Waals surface area contributed by atoms with Gasteiger partial charge in [0.15, 0.2) is 5.65 Å². The zero-order valence-electron chi connectivity index (χ0n) is 18.9. The predicted octanol–water partition coefficient (Wildman–Crippen LogP) is 1.92. The number of pyridine rings is 1. The number of hydrogen-bond acceptors (Lipinski definition) is 7. The molecule has 0 spiro atoms. The molecule has 0 aromatic carbocycles. The van der Waals surface area contributed by atoms with Crippen molar-refractivity contribution in [2.75, 3.05) is 37.8 Å². The molecule has 2 atom stereocenters. The van der Waals surface area contributed by atoms with E-state index >= 15 is 0 Å². The van der Waals surface area contributed by atoms with E-state index in [9.17, 15) is 18.4 Å². The van der Waals surface area contributed by atoms with E-state index in [0.717, 1.165) is 32.0 Å². The van der Waals surface area contributed by atoms with Gasteiger partial charge in [-0.25, -0.2) is 13.8 Å². The standard InChI is InChI=1S/C22H26F2N8O2/c1-25-19-9-18(29-20-14(10-26-32(19)20)21(33)28-16-8-15(16)24)27-17-7-12(23)11-31(22(17)34)13-3-5-30(2)6-4-13/h7,9-11,13,15-16,25H,3-6,8H2,1-2H3,(H,27,29)(H,28,33)/t15-,16+/m1/s1. The predicted molar refractivity (Wildman–Crippen MR) is 123 cm³/mol. The van der Waals surface area contributed by atoms with E-state index in [4.69, 9.17) is 0 Å². The van der Waals surface area contributed by atoms with Crippen LogP contribution >= 0.6 is 0 Å². The van der Waals surface area contributed by atoms with Crippen LogP contribution in [-0.4, -0.2) is 69.4 Å². The second kappa shape index (κ2) is 8.67. The second-order valence-electron chi connectivity index (χ2n) is 8.85. The lowest BCUT2D eigenvalue weighted by molar-refractivity contribution is 0.0949. The molecule has 3 aromatic rings. The van der Waals surface area contributed by atoms with E-state index in [1.165, 1.54) is 21.5 Å². The van der Waals surface area contributed by atoms with Crippen molar-refractivity contribution in [3.05, 3.63) is 46.3 Å². The summed E-state index contributed by atoms with van der Waals surface area (Å²) in [7, 11) is 3.69. The fourth-order valence-corrected chi connectivity index (χ4v) is 4.26. The highest BCUT2D eigenvalue weighted by atomic mass is 19.1. The molecule has 1 saturated carbocycles. The summed E-state index contributed by atoms with van der Waals surface area (Å²) in [6.45, 7) is 1.66. The molecule has 1 saturated heterocycles. The van der Waals surface area contributed by atoms with Crippen LogP contribution in [0.25, 0.3) is 5.65 Å². The molecule has 4 heterocycles. The summed E-state index contributed by atoms with van der Waals surface area (Å²) in [5, 5.41) is 12.7. The third-order valence-corrected chi connectivity index (χ3v) is 6.36. The Morgan fingerprint density at radius 1 is 1.24 bits per heavy atom. The number of alkyl halides is 1. The van der Waals surface area contributed by atoms with Crippen molar-refractivity contribution in [3.63, 3.8) is 0 Å². The molecule has 12 heteroatoms. The van der Waals surface area contributed by atoms with E-state index in [1.807, 2.05) is 7.05 Å². The van der Waals surface area contributed by atoms with E-state index < -0.39 is 23.9 Å². The van der Waals surface area contributed by atoms with Crippen LogP contribution in [0.3, 0.4) is 0 Å². The van der Waals surface area contributed by atoms with Crippen LogP contribution in [0.2, 0.25) is 0 Å². The summed E-state index contributed by atoms with van der Waals surface area (Å²) in [5.41, 5.74) is 0.0802. The van der Waals surface area contributed by atoms with Crippen LogP contribution in [0.4, 0.5) is 26.1 Å². The SMILES string of the molecule is CNc1cc(Nc2cc(F)cn(C3CCN(C)CC3)c2=O)nc2c(C(=O)N[C@H]3C[C@H]3F)cnn12. The molecule has 2 fully saturated rings. The first-order valence-electron chi connectivity index (χ1n) is 11.2. The summed E-state index contributed by atoms with van der Waals surface area (Å²) >= 11 is 0. The summed E-state index contributed by atoms with van der Waals surface area (Å²) in [6.07, 6.45) is 3.35. The highest BCUT2D eigenvalue weighted by molar-refractivity contribution is 6.00. The Morgan fingerprint density at radius 3 is 2.65 bits per heavy atom. The van der Waals surface area contributed by atoms with Crippen LogP contribution in [-0.2, 0) is 0 Å². The zero-order valence-corrected chi connectivity index (χ0v) is 18.9. The van der Waals surface area contributed by atoms with Crippen LogP contribution in [0.1, 0.15) is 35.7 Å². The third kappa shape index (κ3) is 4.20. The molecule has 3 aromatic heterocycles. The van der Waals surface area contributed by atoms with Gasteiger partial charge in [0.1, 0.15) is 34.9 Å². The van der Waals surface area contributed by atoms with Crippen LogP contribution in [0, 0.1) is 5.82 Å². The molecule has 180 valence electrons. The van der Waals surface area contributed by atoms with Gasteiger partial charge in [-0.05, 0) is 33.0 Å². The van der Waals surface area contributed by atoms with Gasteiger partial charge < -0.3 is 25.4 Å². The lowest BCUT2D eigenvalue weighted by atomic mass is 10.1. The minimum absolute atomic E-state index is 0.0431. The van der Waals surface area contributed by atoms with Crippen molar-refractivity contribution >= 4 is 28.9 Å². The Hall–Kier alpha value is -3.54. The maximum absolute atomic E-state index is 14.5. The van der Waals surface area contributed by atoms with Crippen LogP contribution in [0.15, 0.2) is 29.3 Å². The molecule has 5 rings (SSSR count). The number of nitrogens with one attached hydrogen (secondary N) is 3. The molecular formula is C22H26F2N8O2. The molecule has 34 heavy (non-hydrogen) atoms. The van der Waals surface area contributed by atoms with Crippen LogP contribution < -0.4 is 21.5 Å². The Balaban J connectivity index is 1.48. The summed E-state index contributed by atoms with van der Waals surface area (Å²) < 4.78 is 30.6. The molecular weight excluding hydrogens is 446 g/mol. The van der Waals surface area contributed by atoms with Crippen molar-refractivity contribution in [1.82, 2.24) is 29.4 Å². The molecule has 10 nitrogen and oxygen atoms in total. The first-order chi connectivity index (χ1) is 16.3. The highest BCUT2D eigenvalue weighted by Crippen LogP contribution is 2.27. The number of nitrogens with zero attached hydrogens (tertiary/aromatic N) is 5. The Bertz CT molecular complexity index is 1300.